The molecule has 2 fully saturated rings. The van der Waals surface area contributed by atoms with Crippen LogP contribution in [-0.4, -0.2) is 47.9 Å². The molecule has 0 unspecified atom stereocenters. The molecule has 170 valence electrons. The van der Waals surface area contributed by atoms with Gasteiger partial charge in [-0.05, 0) is 51.7 Å². The Morgan fingerprint density at radius 1 is 1.10 bits per heavy atom. The van der Waals surface area contributed by atoms with Crippen molar-refractivity contribution in [1.29, 1.82) is 0 Å². The molecule has 0 aromatic carbocycles. The van der Waals surface area contributed by atoms with Gasteiger partial charge in [-0.15, -0.1) is 0 Å². The second-order valence-electron chi connectivity index (χ2n) is 9.87. The van der Waals surface area contributed by atoms with Crippen molar-refractivity contribution in [3.05, 3.63) is 22.8 Å². The third-order valence-corrected chi connectivity index (χ3v) is 7.88. The Labute approximate surface area is 183 Å². The van der Waals surface area contributed by atoms with Crippen LogP contribution in [0.1, 0.15) is 67.2 Å². The lowest BCUT2D eigenvalue weighted by Gasteiger charge is -2.51. The summed E-state index contributed by atoms with van der Waals surface area (Å²) in [6, 6.07) is 0. The van der Waals surface area contributed by atoms with Crippen molar-refractivity contribution in [2.75, 3.05) is 0 Å². The molecule has 1 saturated carbocycles. The lowest BCUT2D eigenvalue weighted by Crippen LogP contribution is -2.59. The first-order valence-electron chi connectivity index (χ1n) is 11.1. The van der Waals surface area contributed by atoms with Crippen LogP contribution < -0.4 is 0 Å². The fourth-order valence-electron chi connectivity index (χ4n) is 6.02. The number of allylic oxidation sites excluding steroid dienone is 1. The Kier molecular flexibility index (Phi) is 5.31. The zero-order valence-electron chi connectivity index (χ0n) is 19.2. The van der Waals surface area contributed by atoms with Gasteiger partial charge < -0.3 is 18.9 Å². The molecule has 0 aromatic rings. The minimum absolute atomic E-state index is 0.0366. The summed E-state index contributed by atoms with van der Waals surface area (Å²) >= 11 is 0. The predicted molar refractivity (Wildman–Crippen MR) is 111 cm³/mol. The lowest BCUT2D eigenvalue weighted by molar-refractivity contribution is -0.187. The minimum Gasteiger partial charge on any atom is -0.462 e. The summed E-state index contributed by atoms with van der Waals surface area (Å²) in [5.41, 5.74) is 1.50. The topological polar surface area (TPSA) is 91.4 Å². The molecular formula is C24H32O7. The van der Waals surface area contributed by atoms with Gasteiger partial charge in [0.25, 0.3) is 0 Å². The van der Waals surface area contributed by atoms with Crippen LogP contribution in [0.3, 0.4) is 0 Å². The summed E-state index contributed by atoms with van der Waals surface area (Å²) < 4.78 is 23.6. The Morgan fingerprint density at radius 3 is 2.39 bits per heavy atom. The normalized spacial score (nSPS) is 43.5. The number of hydrogen-bond donors (Lipinski definition) is 0. The highest BCUT2D eigenvalue weighted by Crippen LogP contribution is 2.63. The van der Waals surface area contributed by atoms with Gasteiger partial charge in [0.05, 0.1) is 11.7 Å². The number of rotatable bonds is 2. The van der Waals surface area contributed by atoms with E-state index in [0.29, 0.717) is 31.3 Å². The van der Waals surface area contributed by atoms with Crippen LogP contribution in [0, 0.1) is 11.3 Å². The van der Waals surface area contributed by atoms with Crippen LogP contribution in [-0.2, 0) is 33.3 Å². The van der Waals surface area contributed by atoms with Crippen LogP contribution >= 0.6 is 0 Å². The predicted octanol–water partition coefficient (Wildman–Crippen LogP) is 3.41. The largest absolute Gasteiger partial charge is 0.462 e. The molecule has 2 heterocycles. The molecule has 0 radical (unpaired) electrons. The maximum Gasteiger partial charge on any atom is 0.334 e. The summed E-state index contributed by atoms with van der Waals surface area (Å²) in [6.07, 6.45) is 3.03. The quantitative estimate of drug-likeness (QED) is 0.286. The van der Waals surface area contributed by atoms with Gasteiger partial charge in [0.2, 0.25) is 0 Å². The van der Waals surface area contributed by atoms with E-state index in [-0.39, 0.29) is 29.9 Å². The van der Waals surface area contributed by atoms with E-state index in [2.05, 4.69) is 6.92 Å². The number of carbonyl (C=O) groups excluding carboxylic acids is 3. The number of esters is 3. The third kappa shape index (κ3) is 3.60. The van der Waals surface area contributed by atoms with E-state index in [1.165, 1.54) is 13.8 Å². The van der Waals surface area contributed by atoms with Crippen LogP contribution in [0.15, 0.2) is 22.8 Å². The van der Waals surface area contributed by atoms with Gasteiger partial charge in [-0.3, -0.25) is 9.59 Å². The van der Waals surface area contributed by atoms with Crippen LogP contribution in [0.5, 0.6) is 0 Å². The van der Waals surface area contributed by atoms with Crippen molar-refractivity contribution in [3.63, 3.8) is 0 Å². The average molecular weight is 433 g/mol. The van der Waals surface area contributed by atoms with Gasteiger partial charge in [0, 0.05) is 37.2 Å². The third-order valence-electron chi connectivity index (χ3n) is 7.88. The van der Waals surface area contributed by atoms with Crippen LogP contribution in [0.25, 0.3) is 0 Å². The van der Waals surface area contributed by atoms with E-state index in [4.69, 9.17) is 18.9 Å². The van der Waals surface area contributed by atoms with Crippen molar-refractivity contribution in [3.8, 4) is 0 Å². The molecule has 4 rings (SSSR count). The van der Waals surface area contributed by atoms with E-state index < -0.39 is 29.3 Å². The molecule has 7 atom stereocenters. The number of fused-ring (bicyclic) bond motifs is 4. The van der Waals surface area contributed by atoms with E-state index in [9.17, 15) is 14.4 Å². The molecule has 0 bridgehead atoms. The molecule has 1 saturated heterocycles. The fourth-order valence-corrected chi connectivity index (χ4v) is 6.02. The van der Waals surface area contributed by atoms with E-state index in [1.807, 2.05) is 19.9 Å². The van der Waals surface area contributed by atoms with Crippen molar-refractivity contribution in [1.82, 2.24) is 0 Å². The molecule has 2 aliphatic heterocycles. The zero-order valence-corrected chi connectivity index (χ0v) is 19.2. The lowest BCUT2D eigenvalue weighted by atomic mass is 9.56. The SMILES string of the molecule is CC(=O)O[C@H]1CC/C(C)=C\[C@@H]2OC(=O)C(C)=C2C[C@H]2[C@@]3(C)O[C@H]3C[C@H](OC(C)=O)[C@]12C. The number of ether oxygens (including phenoxy) is 4. The molecule has 4 aliphatic rings. The zero-order chi connectivity index (χ0) is 22.7. The Bertz CT molecular complexity index is 886. The monoisotopic (exact) mass is 432 g/mol. The Hall–Kier alpha value is -2.15. The van der Waals surface area contributed by atoms with E-state index in [0.717, 1.165) is 11.1 Å². The van der Waals surface area contributed by atoms with E-state index >= 15 is 0 Å². The van der Waals surface area contributed by atoms with Crippen molar-refractivity contribution < 1.29 is 33.3 Å². The summed E-state index contributed by atoms with van der Waals surface area (Å²) in [5.74, 6) is -1.15. The highest BCUT2D eigenvalue weighted by atomic mass is 16.6. The van der Waals surface area contributed by atoms with Crippen LogP contribution in [0.2, 0.25) is 0 Å². The van der Waals surface area contributed by atoms with E-state index in [1.54, 1.807) is 6.92 Å². The summed E-state index contributed by atoms with van der Waals surface area (Å²) in [4.78, 5) is 36.5. The van der Waals surface area contributed by atoms with Gasteiger partial charge in [-0.25, -0.2) is 4.79 Å². The molecule has 0 N–H and O–H groups in total. The van der Waals surface area contributed by atoms with Gasteiger partial charge in [0.1, 0.15) is 18.3 Å². The van der Waals surface area contributed by atoms with Gasteiger partial charge in [-0.2, -0.15) is 0 Å². The standard InChI is InChI=1S/C24H32O7/c1-12-7-8-19(28-14(3)25)23(5)18(10-16-13(2)22(27)30-17(16)9-12)24(6)21(31-24)11-20(23)29-15(4)26/h9,17-21H,7-8,10-11H2,1-6H3/b12-9-/t17-,18+,19-,20-,21-,23-,24+/m0/s1. The molecule has 7 nitrogen and oxygen atoms in total. The smallest absolute Gasteiger partial charge is 0.334 e. The highest BCUT2D eigenvalue weighted by Gasteiger charge is 2.71. The molecule has 0 spiro atoms. The van der Waals surface area contributed by atoms with Crippen molar-refractivity contribution in [2.24, 2.45) is 11.3 Å². The van der Waals surface area contributed by atoms with Crippen molar-refractivity contribution in [2.45, 2.75) is 97.2 Å². The van der Waals surface area contributed by atoms with Gasteiger partial charge in [0.15, 0.2) is 0 Å². The van der Waals surface area contributed by atoms with Crippen molar-refractivity contribution >= 4 is 17.9 Å². The highest BCUT2D eigenvalue weighted by molar-refractivity contribution is 5.92. The minimum atomic E-state index is -0.680. The fraction of sp³-hybridized carbons (Fsp3) is 0.708. The van der Waals surface area contributed by atoms with Gasteiger partial charge >= 0.3 is 17.9 Å². The average Bonchev–Trinajstić information content (AvgIpc) is 3.25. The maximum absolute atomic E-state index is 12.4. The first-order chi connectivity index (χ1) is 14.5. The molecule has 7 heteroatoms. The van der Waals surface area contributed by atoms with Crippen LogP contribution in [0.4, 0.5) is 0 Å². The number of epoxide rings is 1. The molecule has 31 heavy (non-hydrogen) atoms. The summed E-state index contributed by atoms with van der Waals surface area (Å²) in [7, 11) is 0. The first kappa shape index (κ1) is 22.1. The summed E-state index contributed by atoms with van der Waals surface area (Å²) in [6.45, 7) is 10.7. The Morgan fingerprint density at radius 2 is 1.74 bits per heavy atom. The first-order valence-corrected chi connectivity index (χ1v) is 11.1. The number of carbonyl (C=O) groups is 3. The Balaban J connectivity index is 1.86. The molecular weight excluding hydrogens is 400 g/mol. The second-order valence-corrected chi connectivity index (χ2v) is 9.87. The summed E-state index contributed by atoms with van der Waals surface area (Å²) in [5, 5.41) is 0. The molecule has 2 aliphatic carbocycles. The molecule has 0 amide bonds. The van der Waals surface area contributed by atoms with Gasteiger partial charge in [-0.1, -0.05) is 12.5 Å². The second kappa shape index (κ2) is 7.47. The molecule has 0 aromatic heterocycles. The number of hydrogen-bond acceptors (Lipinski definition) is 7. The maximum atomic E-state index is 12.4.